The van der Waals surface area contributed by atoms with Crippen LogP contribution in [0.1, 0.15) is 36.6 Å². The first-order chi connectivity index (χ1) is 16.5. The number of imide groups is 1. The number of amides is 2. The molecule has 0 N–H and O–H groups in total. The zero-order valence-electron chi connectivity index (χ0n) is 19.1. The van der Waals surface area contributed by atoms with E-state index in [4.69, 9.17) is 9.57 Å². The highest BCUT2D eigenvalue weighted by Gasteiger charge is 2.54. The Balaban J connectivity index is 1.54. The molecule has 5 rings (SSSR count). The fourth-order valence-corrected chi connectivity index (χ4v) is 4.71. The molecule has 2 aliphatic heterocycles. The minimum absolute atomic E-state index is 0.370. The van der Waals surface area contributed by atoms with Crippen molar-refractivity contribution in [1.29, 1.82) is 0 Å². The van der Waals surface area contributed by atoms with Crippen molar-refractivity contribution in [1.82, 2.24) is 4.90 Å². The summed E-state index contributed by atoms with van der Waals surface area (Å²) in [5, 5.41) is 4.33. The van der Waals surface area contributed by atoms with Crippen LogP contribution in [0, 0.1) is 5.92 Å². The lowest BCUT2D eigenvalue weighted by Crippen LogP contribution is -2.50. The molecule has 0 aromatic heterocycles. The summed E-state index contributed by atoms with van der Waals surface area (Å²) in [6, 6.07) is 28.3. The number of carbonyl (C=O) groups excluding carboxylic acids is 2. The van der Waals surface area contributed by atoms with Crippen molar-refractivity contribution in [2.45, 2.75) is 38.0 Å². The first-order valence-corrected chi connectivity index (χ1v) is 11.4. The van der Waals surface area contributed by atoms with Crippen LogP contribution in [0.4, 0.5) is 4.79 Å². The number of nitrogens with zero attached hydrogens (tertiary/aromatic N) is 2. The van der Waals surface area contributed by atoms with E-state index in [1.165, 1.54) is 4.90 Å². The van der Waals surface area contributed by atoms with Gasteiger partial charge in [0.2, 0.25) is 5.91 Å². The predicted molar refractivity (Wildman–Crippen MR) is 128 cm³/mol. The third-order valence-corrected chi connectivity index (χ3v) is 6.50. The summed E-state index contributed by atoms with van der Waals surface area (Å²) in [7, 11) is 0. The molecule has 3 atom stereocenters. The van der Waals surface area contributed by atoms with Crippen molar-refractivity contribution in [3.8, 4) is 0 Å². The lowest BCUT2D eigenvalue weighted by molar-refractivity contribution is -0.134. The predicted octanol–water partition coefficient (Wildman–Crippen LogP) is 5.15. The average Bonchev–Trinajstić information content (AvgIpc) is 3.39. The van der Waals surface area contributed by atoms with E-state index in [0.29, 0.717) is 12.1 Å². The molecule has 172 valence electrons. The van der Waals surface area contributed by atoms with Crippen LogP contribution in [0.2, 0.25) is 0 Å². The molecule has 0 bridgehead atoms. The van der Waals surface area contributed by atoms with E-state index in [9.17, 15) is 9.59 Å². The van der Waals surface area contributed by atoms with Crippen LogP contribution in [-0.2, 0) is 20.8 Å². The lowest BCUT2D eigenvalue weighted by Gasteiger charge is -2.30. The number of cyclic esters (lactones) is 1. The zero-order valence-corrected chi connectivity index (χ0v) is 19.1. The summed E-state index contributed by atoms with van der Waals surface area (Å²) >= 11 is 0. The van der Waals surface area contributed by atoms with E-state index in [1.54, 1.807) is 0 Å². The van der Waals surface area contributed by atoms with E-state index in [2.05, 4.69) is 5.16 Å². The quantitative estimate of drug-likeness (QED) is 0.535. The Morgan fingerprint density at radius 2 is 1.50 bits per heavy atom. The highest BCUT2D eigenvalue weighted by Crippen LogP contribution is 2.40. The summed E-state index contributed by atoms with van der Waals surface area (Å²) in [6.45, 7) is 3.69. The van der Waals surface area contributed by atoms with Gasteiger partial charge in [0, 0.05) is 5.56 Å². The topological polar surface area (TPSA) is 68.2 Å². The van der Waals surface area contributed by atoms with Gasteiger partial charge >= 0.3 is 6.09 Å². The second-order valence-electron chi connectivity index (χ2n) is 9.14. The van der Waals surface area contributed by atoms with Crippen molar-refractivity contribution in [3.63, 3.8) is 0 Å². The first-order valence-electron chi connectivity index (χ1n) is 11.4. The standard InChI is InChI=1S/C28H26N2O4/c1-28(2)22(18-19-12-6-3-7-13-19)30(27(32)33-28)26(31)23-24(20-14-8-4-9-15-20)29-34-25(23)21-16-10-5-11-17-21/h3-17,22-23,25H,18H2,1-2H3/t22-,23+,25?/m0/s1. The van der Waals surface area contributed by atoms with Crippen molar-refractivity contribution in [3.05, 3.63) is 108 Å². The van der Waals surface area contributed by atoms with Crippen molar-refractivity contribution < 1.29 is 19.2 Å². The molecule has 2 aliphatic rings. The highest BCUT2D eigenvalue weighted by molar-refractivity contribution is 6.16. The average molecular weight is 455 g/mol. The Morgan fingerprint density at radius 3 is 2.15 bits per heavy atom. The number of ether oxygens (including phenoxy) is 1. The number of benzene rings is 3. The molecule has 6 nitrogen and oxygen atoms in total. The summed E-state index contributed by atoms with van der Waals surface area (Å²) in [6.07, 6.45) is -0.785. The second kappa shape index (κ2) is 8.78. The molecular weight excluding hydrogens is 428 g/mol. The van der Waals surface area contributed by atoms with E-state index < -0.39 is 29.8 Å². The largest absolute Gasteiger partial charge is 0.441 e. The van der Waals surface area contributed by atoms with Gasteiger partial charge in [0.1, 0.15) is 17.2 Å². The molecule has 0 aliphatic carbocycles. The Morgan fingerprint density at radius 1 is 0.912 bits per heavy atom. The Bertz CT molecular complexity index is 1210. The maximum Gasteiger partial charge on any atom is 0.417 e. The summed E-state index contributed by atoms with van der Waals surface area (Å²) in [5.41, 5.74) is 2.30. The molecule has 1 saturated heterocycles. The molecule has 0 spiro atoms. The van der Waals surface area contributed by atoms with Gasteiger partial charge in [-0.3, -0.25) is 4.79 Å². The molecule has 2 heterocycles. The van der Waals surface area contributed by atoms with Gasteiger partial charge in [0.05, 0.1) is 6.04 Å². The highest BCUT2D eigenvalue weighted by atomic mass is 16.6. The Kier molecular flexibility index (Phi) is 5.65. The number of oxime groups is 1. The molecule has 2 amide bonds. The van der Waals surface area contributed by atoms with Crippen LogP contribution < -0.4 is 0 Å². The van der Waals surface area contributed by atoms with Crippen LogP contribution in [-0.4, -0.2) is 34.3 Å². The van der Waals surface area contributed by atoms with Crippen LogP contribution >= 0.6 is 0 Å². The third-order valence-electron chi connectivity index (χ3n) is 6.50. The molecule has 0 saturated carbocycles. The van der Waals surface area contributed by atoms with Crippen molar-refractivity contribution >= 4 is 17.7 Å². The maximum atomic E-state index is 14.2. The van der Waals surface area contributed by atoms with Gasteiger partial charge in [-0.25, -0.2) is 9.69 Å². The Hall–Kier alpha value is -3.93. The second-order valence-corrected chi connectivity index (χ2v) is 9.14. The van der Waals surface area contributed by atoms with E-state index in [0.717, 1.165) is 16.7 Å². The minimum atomic E-state index is -0.839. The SMILES string of the molecule is CC1(C)OC(=O)N(C(=O)[C@@H]2C(c3ccccc3)=NOC2c2ccccc2)[C@H]1Cc1ccccc1. The van der Waals surface area contributed by atoms with Crippen LogP contribution in [0.25, 0.3) is 0 Å². The summed E-state index contributed by atoms with van der Waals surface area (Å²) < 4.78 is 5.69. The van der Waals surface area contributed by atoms with E-state index in [1.807, 2.05) is 105 Å². The monoisotopic (exact) mass is 454 g/mol. The zero-order chi connectivity index (χ0) is 23.7. The fourth-order valence-electron chi connectivity index (χ4n) is 4.71. The molecule has 3 aromatic rings. The Labute approximate surface area is 198 Å². The van der Waals surface area contributed by atoms with Crippen LogP contribution in [0.15, 0.2) is 96.2 Å². The van der Waals surface area contributed by atoms with Gasteiger partial charge < -0.3 is 9.57 Å². The van der Waals surface area contributed by atoms with Gasteiger partial charge in [0.25, 0.3) is 0 Å². The van der Waals surface area contributed by atoms with Gasteiger partial charge in [-0.15, -0.1) is 0 Å². The summed E-state index contributed by atoms with van der Waals surface area (Å²) in [4.78, 5) is 34.4. The molecule has 0 radical (unpaired) electrons. The van der Waals surface area contributed by atoms with Gasteiger partial charge in [-0.2, -0.15) is 0 Å². The minimum Gasteiger partial charge on any atom is -0.441 e. The molecular formula is C28H26N2O4. The van der Waals surface area contributed by atoms with Gasteiger partial charge in [-0.1, -0.05) is 96.2 Å². The maximum absolute atomic E-state index is 14.2. The third kappa shape index (κ3) is 3.96. The smallest absolute Gasteiger partial charge is 0.417 e. The van der Waals surface area contributed by atoms with Crippen LogP contribution in [0.5, 0.6) is 0 Å². The molecule has 1 unspecified atom stereocenters. The normalized spacial score (nSPS) is 23.2. The number of hydrogen-bond donors (Lipinski definition) is 0. The summed E-state index contributed by atoms with van der Waals surface area (Å²) in [5.74, 6) is -1.16. The van der Waals surface area contributed by atoms with E-state index in [-0.39, 0.29) is 5.91 Å². The molecule has 34 heavy (non-hydrogen) atoms. The van der Waals surface area contributed by atoms with Crippen molar-refractivity contribution in [2.75, 3.05) is 0 Å². The first kappa shape index (κ1) is 21.9. The van der Waals surface area contributed by atoms with Crippen molar-refractivity contribution in [2.24, 2.45) is 11.1 Å². The molecule has 6 heteroatoms. The molecule has 3 aromatic carbocycles. The number of hydrogen-bond acceptors (Lipinski definition) is 5. The lowest BCUT2D eigenvalue weighted by atomic mass is 9.86. The number of rotatable bonds is 5. The van der Waals surface area contributed by atoms with Crippen LogP contribution in [0.3, 0.4) is 0 Å². The fraction of sp³-hybridized carbons (Fsp3) is 0.250. The van der Waals surface area contributed by atoms with Gasteiger partial charge in [-0.05, 0) is 31.4 Å². The number of carbonyl (C=O) groups is 2. The molecule has 1 fully saturated rings. The van der Waals surface area contributed by atoms with Gasteiger partial charge in [0.15, 0.2) is 6.10 Å². The van der Waals surface area contributed by atoms with E-state index >= 15 is 0 Å².